The van der Waals surface area contributed by atoms with Gasteiger partial charge in [0.25, 0.3) is 0 Å². The van der Waals surface area contributed by atoms with Gasteiger partial charge in [0.2, 0.25) is 0 Å². The number of phosphoric ester groups is 1. The predicted octanol–water partition coefficient (Wildman–Crippen LogP) is 3.31. The van der Waals surface area contributed by atoms with Crippen molar-refractivity contribution in [3.63, 3.8) is 0 Å². The van der Waals surface area contributed by atoms with E-state index < -0.39 is 7.82 Å². The van der Waals surface area contributed by atoms with Crippen LogP contribution in [0.15, 0.2) is 24.3 Å². The molecule has 0 aliphatic rings. The average Bonchev–Trinajstić information content (AvgIpc) is 2.30. The van der Waals surface area contributed by atoms with Crippen LogP contribution in [0.5, 0.6) is 5.75 Å². The van der Waals surface area contributed by atoms with E-state index >= 15 is 0 Å². The minimum absolute atomic E-state index is 0.271. The molecule has 0 aliphatic carbocycles. The Bertz CT molecular complexity index is 395. The van der Waals surface area contributed by atoms with E-state index in [0.29, 0.717) is 5.75 Å². The van der Waals surface area contributed by atoms with Gasteiger partial charge in [-0.1, -0.05) is 0 Å². The van der Waals surface area contributed by atoms with E-state index in [1.807, 2.05) is 31.1 Å². The molecule has 0 spiro atoms. The van der Waals surface area contributed by atoms with E-state index in [0.717, 1.165) is 5.69 Å². The Morgan fingerprint density at radius 2 is 1.56 bits per heavy atom. The molecule has 0 bridgehead atoms. The van der Waals surface area contributed by atoms with Crippen LogP contribution in [0, 0.1) is 0 Å². The van der Waals surface area contributed by atoms with E-state index in [-0.39, 0.29) is 13.2 Å². The molecular weight excluding hydrogens is 253 g/mol. The maximum atomic E-state index is 12.1. The van der Waals surface area contributed by atoms with Crippen molar-refractivity contribution in [1.82, 2.24) is 0 Å². The zero-order valence-electron chi connectivity index (χ0n) is 11.3. The van der Waals surface area contributed by atoms with Crippen LogP contribution < -0.4 is 9.42 Å². The van der Waals surface area contributed by atoms with Crippen molar-refractivity contribution < 1.29 is 18.1 Å². The molecule has 0 amide bonds. The summed E-state index contributed by atoms with van der Waals surface area (Å²) in [6.45, 7) is 4.02. The first-order valence-electron chi connectivity index (χ1n) is 5.87. The standard InChI is InChI=1S/C12H20NO4P/c1-5-15-18(14,16-6-2)17-12-9-7-11(8-10-12)13(3)4/h7-10H,5-6H2,1-4H3. The monoisotopic (exact) mass is 273 g/mol. The minimum atomic E-state index is -3.49. The van der Waals surface area contributed by atoms with Crippen LogP contribution >= 0.6 is 7.82 Å². The van der Waals surface area contributed by atoms with E-state index in [4.69, 9.17) is 13.6 Å². The van der Waals surface area contributed by atoms with Gasteiger partial charge in [-0.25, -0.2) is 4.57 Å². The molecule has 1 aromatic carbocycles. The van der Waals surface area contributed by atoms with Crippen molar-refractivity contribution in [3.05, 3.63) is 24.3 Å². The van der Waals surface area contributed by atoms with Crippen LogP contribution in [0.1, 0.15) is 13.8 Å². The molecule has 0 aliphatic heterocycles. The Hall–Kier alpha value is -1.03. The van der Waals surface area contributed by atoms with E-state index in [9.17, 15) is 4.57 Å². The zero-order chi connectivity index (χ0) is 13.6. The van der Waals surface area contributed by atoms with Crippen LogP contribution in [0.25, 0.3) is 0 Å². The first-order valence-corrected chi connectivity index (χ1v) is 7.33. The Morgan fingerprint density at radius 3 is 1.94 bits per heavy atom. The van der Waals surface area contributed by atoms with Gasteiger partial charge in [-0.15, -0.1) is 0 Å². The summed E-state index contributed by atoms with van der Waals surface area (Å²) in [5.74, 6) is 0.464. The summed E-state index contributed by atoms with van der Waals surface area (Å²) in [7, 11) is 0.397. The minimum Gasteiger partial charge on any atom is -0.404 e. The van der Waals surface area contributed by atoms with Gasteiger partial charge in [-0.2, -0.15) is 0 Å². The maximum Gasteiger partial charge on any atom is 0.530 e. The molecule has 0 heterocycles. The Balaban J connectivity index is 2.78. The summed E-state index contributed by atoms with van der Waals surface area (Å²) in [5, 5.41) is 0. The highest BCUT2D eigenvalue weighted by molar-refractivity contribution is 7.48. The first-order chi connectivity index (χ1) is 8.50. The molecule has 5 nitrogen and oxygen atoms in total. The SMILES string of the molecule is CCOP(=O)(OCC)Oc1ccc(N(C)C)cc1. The van der Waals surface area contributed by atoms with Crippen LogP contribution in [0.4, 0.5) is 5.69 Å². The molecule has 0 unspecified atom stereocenters. The lowest BCUT2D eigenvalue weighted by atomic mass is 10.3. The number of phosphoric acid groups is 1. The predicted molar refractivity (Wildman–Crippen MR) is 72.3 cm³/mol. The van der Waals surface area contributed by atoms with Crippen molar-refractivity contribution in [2.45, 2.75) is 13.8 Å². The highest BCUT2D eigenvalue weighted by Crippen LogP contribution is 2.49. The van der Waals surface area contributed by atoms with Gasteiger partial charge in [-0.05, 0) is 38.1 Å². The van der Waals surface area contributed by atoms with Gasteiger partial charge in [0.15, 0.2) is 0 Å². The number of anilines is 1. The Morgan fingerprint density at radius 1 is 1.06 bits per heavy atom. The summed E-state index contributed by atoms with van der Waals surface area (Å²) in [5.41, 5.74) is 1.03. The molecule has 1 rings (SSSR count). The molecule has 0 saturated carbocycles. The fourth-order valence-electron chi connectivity index (χ4n) is 1.34. The van der Waals surface area contributed by atoms with Crippen molar-refractivity contribution in [1.29, 1.82) is 0 Å². The summed E-state index contributed by atoms with van der Waals surface area (Å²) in [6.07, 6.45) is 0. The lowest BCUT2D eigenvalue weighted by molar-refractivity contribution is 0.167. The van der Waals surface area contributed by atoms with Gasteiger partial charge >= 0.3 is 7.82 Å². The van der Waals surface area contributed by atoms with Crippen LogP contribution in [-0.2, 0) is 13.6 Å². The number of benzene rings is 1. The molecule has 6 heteroatoms. The summed E-state index contributed by atoms with van der Waals surface area (Å²) >= 11 is 0. The molecule has 0 atom stereocenters. The van der Waals surface area contributed by atoms with Crippen molar-refractivity contribution >= 4 is 13.5 Å². The fourth-order valence-corrected chi connectivity index (χ4v) is 2.53. The van der Waals surface area contributed by atoms with Gasteiger partial charge in [-0.3, -0.25) is 9.05 Å². The largest absolute Gasteiger partial charge is 0.530 e. The summed E-state index contributed by atoms with van der Waals surface area (Å²) < 4.78 is 27.5. The second kappa shape index (κ2) is 6.78. The van der Waals surface area contributed by atoms with E-state index in [1.54, 1.807) is 26.0 Å². The topological polar surface area (TPSA) is 48.0 Å². The average molecular weight is 273 g/mol. The van der Waals surface area contributed by atoms with Crippen molar-refractivity contribution in [2.75, 3.05) is 32.2 Å². The number of rotatable bonds is 7. The molecule has 102 valence electrons. The van der Waals surface area contributed by atoms with Crippen LogP contribution in [-0.4, -0.2) is 27.3 Å². The Kier molecular flexibility index (Phi) is 5.66. The van der Waals surface area contributed by atoms with Crippen molar-refractivity contribution in [2.24, 2.45) is 0 Å². The third kappa shape index (κ3) is 4.33. The number of hydrogen-bond donors (Lipinski definition) is 0. The second-order valence-corrected chi connectivity index (χ2v) is 5.36. The van der Waals surface area contributed by atoms with E-state index in [1.165, 1.54) is 0 Å². The molecule has 0 fully saturated rings. The number of nitrogens with zero attached hydrogens (tertiary/aromatic N) is 1. The molecule has 0 aromatic heterocycles. The molecule has 0 radical (unpaired) electrons. The first kappa shape index (κ1) is 15.0. The van der Waals surface area contributed by atoms with Gasteiger partial charge in [0, 0.05) is 19.8 Å². The fraction of sp³-hybridized carbons (Fsp3) is 0.500. The van der Waals surface area contributed by atoms with Crippen LogP contribution in [0.2, 0.25) is 0 Å². The third-order valence-electron chi connectivity index (χ3n) is 2.14. The van der Waals surface area contributed by atoms with Gasteiger partial charge in [0.05, 0.1) is 13.2 Å². The summed E-state index contributed by atoms with van der Waals surface area (Å²) in [4.78, 5) is 1.97. The van der Waals surface area contributed by atoms with Crippen molar-refractivity contribution in [3.8, 4) is 5.75 Å². The highest BCUT2D eigenvalue weighted by atomic mass is 31.2. The highest BCUT2D eigenvalue weighted by Gasteiger charge is 2.27. The lowest BCUT2D eigenvalue weighted by Gasteiger charge is -2.18. The van der Waals surface area contributed by atoms with E-state index in [2.05, 4.69) is 0 Å². The third-order valence-corrected chi connectivity index (χ3v) is 3.73. The van der Waals surface area contributed by atoms with Gasteiger partial charge in [0.1, 0.15) is 5.75 Å². The zero-order valence-corrected chi connectivity index (χ0v) is 12.1. The molecular formula is C12H20NO4P. The molecule has 18 heavy (non-hydrogen) atoms. The molecule has 1 aromatic rings. The quantitative estimate of drug-likeness (QED) is 0.713. The molecule has 0 saturated heterocycles. The second-order valence-electron chi connectivity index (χ2n) is 3.76. The lowest BCUT2D eigenvalue weighted by Crippen LogP contribution is -2.08. The number of hydrogen-bond acceptors (Lipinski definition) is 5. The molecule has 0 N–H and O–H groups in total. The normalized spacial score (nSPS) is 11.3. The smallest absolute Gasteiger partial charge is 0.404 e. The van der Waals surface area contributed by atoms with Gasteiger partial charge < -0.3 is 9.42 Å². The maximum absolute atomic E-state index is 12.1. The van der Waals surface area contributed by atoms with Crippen LogP contribution in [0.3, 0.4) is 0 Å². The summed E-state index contributed by atoms with van der Waals surface area (Å²) in [6, 6.07) is 7.22. The Labute approximate surface area is 108 Å².